The van der Waals surface area contributed by atoms with Crippen molar-refractivity contribution in [3.8, 4) is 0 Å². The summed E-state index contributed by atoms with van der Waals surface area (Å²) in [6.07, 6.45) is 0.955. The van der Waals surface area contributed by atoms with Crippen LogP contribution in [0.4, 0.5) is 4.39 Å². The molecule has 1 aromatic rings. The monoisotopic (exact) mass is 237 g/mol. The summed E-state index contributed by atoms with van der Waals surface area (Å²) >= 11 is 0. The van der Waals surface area contributed by atoms with E-state index in [4.69, 9.17) is 0 Å². The van der Waals surface area contributed by atoms with E-state index in [9.17, 15) is 4.39 Å². The molecule has 0 fully saturated rings. The van der Waals surface area contributed by atoms with Gasteiger partial charge in [-0.2, -0.15) is 0 Å². The molecule has 2 heteroatoms. The van der Waals surface area contributed by atoms with Gasteiger partial charge in [0.1, 0.15) is 5.82 Å². The van der Waals surface area contributed by atoms with Crippen LogP contribution in [0.25, 0.3) is 0 Å². The molecule has 1 N–H and O–H groups in total. The zero-order valence-corrected chi connectivity index (χ0v) is 11.4. The molecule has 0 aliphatic heterocycles. The maximum Gasteiger partial charge on any atom is 0.123 e. The fourth-order valence-corrected chi connectivity index (χ4v) is 1.98. The molecular formula is C15H24FN. The molecule has 0 aliphatic rings. The van der Waals surface area contributed by atoms with E-state index in [1.807, 2.05) is 6.07 Å². The molecule has 0 radical (unpaired) electrons. The summed E-state index contributed by atoms with van der Waals surface area (Å²) in [5.74, 6) is 1.05. The smallest absolute Gasteiger partial charge is 0.123 e. The minimum atomic E-state index is -0.128. The molecule has 2 atom stereocenters. The summed E-state index contributed by atoms with van der Waals surface area (Å²) in [6.45, 7) is 10.7. The topological polar surface area (TPSA) is 12.0 Å². The van der Waals surface area contributed by atoms with E-state index < -0.39 is 0 Å². The van der Waals surface area contributed by atoms with Crippen molar-refractivity contribution in [3.05, 3.63) is 35.1 Å². The first-order chi connectivity index (χ1) is 8.04. The minimum Gasteiger partial charge on any atom is -0.317 e. The molecule has 0 saturated carbocycles. The zero-order chi connectivity index (χ0) is 12.8. The molecule has 1 aromatic carbocycles. The van der Waals surface area contributed by atoms with Gasteiger partial charge in [-0.1, -0.05) is 26.8 Å². The van der Waals surface area contributed by atoms with Crippen LogP contribution < -0.4 is 5.32 Å². The van der Waals surface area contributed by atoms with Crippen molar-refractivity contribution in [2.24, 2.45) is 11.8 Å². The Labute approximate surface area is 104 Å². The van der Waals surface area contributed by atoms with Crippen LogP contribution in [0.2, 0.25) is 0 Å². The highest BCUT2D eigenvalue weighted by atomic mass is 19.1. The molecule has 0 saturated heterocycles. The second-order valence-corrected chi connectivity index (χ2v) is 5.04. The van der Waals surface area contributed by atoms with Crippen LogP contribution in [0.5, 0.6) is 0 Å². The molecule has 0 amide bonds. The summed E-state index contributed by atoms with van der Waals surface area (Å²) in [6, 6.07) is 5.07. The van der Waals surface area contributed by atoms with E-state index in [1.54, 1.807) is 6.07 Å². The van der Waals surface area contributed by atoms with Gasteiger partial charge in [0.2, 0.25) is 0 Å². The van der Waals surface area contributed by atoms with Crippen LogP contribution in [0.15, 0.2) is 18.2 Å². The van der Waals surface area contributed by atoms with E-state index in [0.29, 0.717) is 11.8 Å². The molecule has 0 heterocycles. The van der Waals surface area contributed by atoms with Crippen molar-refractivity contribution in [3.63, 3.8) is 0 Å². The average molecular weight is 237 g/mol. The van der Waals surface area contributed by atoms with Gasteiger partial charge in [-0.25, -0.2) is 4.39 Å². The van der Waals surface area contributed by atoms with Gasteiger partial charge in [0, 0.05) is 0 Å². The van der Waals surface area contributed by atoms with Gasteiger partial charge in [0.25, 0.3) is 0 Å². The lowest BCUT2D eigenvalue weighted by Gasteiger charge is -2.21. The number of nitrogens with one attached hydrogen (secondary N) is 1. The molecule has 96 valence electrons. The Balaban J connectivity index is 2.60. The molecule has 1 rings (SSSR count). The van der Waals surface area contributed by atoms with Crippen LogP contribution in [0, 0.1) is 24.6 Å². The second kappa shape index (κ2) is 6.75. The summed E-state index contributed by atoms with van der Waals surface area (Å²) in [4.78, 5) is 0. The van der Waals surface area contributed by atoms with E-state index in [-0.39, 0.29) is 5.82 Å². The van der Waals surface area contributed by atoms with Crippen LogP contribution in [-0.2, 0) is 6.42 Å². The lowest BCUT2D eigenvalue weighted by molar-refractivity contribution is 0.367. The third kappa shape index (κ3) is 4.47. The molecule has 17 heavy (non-hydrogen) atoms. The Kier molecular flexibility index (Phi) is 5.63. The van der Waals surface area contributed by atoms with Crippen LogP contribution in [-0.4, -0.2) is 13.1 Å². The molecule has 0 bridgehead atoms. The lowest BCUT2D eigenvalue weighted by Crippen LogP contribution is -2.26. The summed E-state index contributed by atoms with van der Waals surface area (Å²) in [5, 5.41) is 3.37. The first-order valence-electron chi connectivity index (χ1n) is 6.50. The van der Waals surface area contributed by atoms with Crippen molar-refractivity contribution >= 4 is 0 Å². The molecule has 1 nitrogen and oxygen atoms in total. The number of aryl methyl sites for hydroxylation is 1. The highest BCUT2D eigenvalue weighted by Gasteiger charge is 2.13. The normalized spacial score (nSPS) is 14.6. The van der Waals surface area contributed by atoms with Crippen LogP contribution in [0.3, 0.4) is 0 Å². The van der Waals surface area contributed by atoms with E-state index in [1.165, 1.54) is 11.6 Å². The van der Waals surface area contributed by atoms with Gasteiger partial charge < -0.3 is 5.32 Å². The highest BCUT2D eigenvalue weighted by Crippen LogP contribution is 2.20. The summed E-state index contributed by atoms with van der Waals surface area (Å²) in [7, 11) is 0. The third-order valence-electron chi connectivity index (χ3n) is 3.54. The van der Waals surface area contributed by atoms with Crippen molar-refractivity contribution in [1.82, 2.24) is 5.32 Å². The van der Waals surface area contributed by atoms with Gasteiger partial charge in [0.15, 0.2) is 0 Å². The van der Waals surface area contributed by atoms with Gasteiger partial charge in [-0.05, 0) is 61.5 Å². The zero-order valence-electron chi connectivity index (χ0n) is 11.4. The quantitative estimate of drug-likeness (QED) is 0.797. The Morgan fingerprint density at radius 1 is 1.24 bits per heavy atom. The first-order valence-corrected chi connectivity index (χ1v) is 6.50. The van der Waals surface area contributed by atoms with Gasteiger partial charge in [-0.3, -0.25) is 0 Å². The highest BCUT2D eigenvalue weighted by molar-refractivity contribution is 5.26. The molecule has 0 aliphatic carbocycles. The number of hydrogen-bond donors (Lipinski definition) is 1. The Morgan fingerprint density at radius 2 is 1.94 bits per heavy atom. The largest absolute Gasteiger partial charge is 0.317 e. The average Bonchev–Trinajstić information content (AvgIpc) is 2.30. The van der Waals surface area contributed by atoms with Crippen molar-refractivity contribution in [2.45, 2.75) is 34.1 Å². The molecule has 0 spiro atoms. The van der Waals surface area contributed by atoms with Crippen LogP contribution in [0.1, 0.15) is 31.9 Å². The second-order valence-electron chi connectivity index (χ2n) is 5.04. The number of halogens is 1. The lowest BCUT2D eigenvalue weighted by atomic mass is 9.88. The van der Waals surface area contributed by atoms with E-state index in [0.717, 1.165) is 25.1 Å². The first kappa shape index (κ1) is 14.2. The Hall–Kier alpha value is -0.890. The number of rotatable bonds is 6. The van der Waals surface area contributed by atoms with Crippen molar-refractivity contribution in [2.75, 3.05) is 13.1 Å². The van der Waals surface area contributed by atoms with Gasteiger partial charge in [0.05, 0.1) is 0 Å². The fraction of sp³-hybridized carbons (Fsp3) is 0.600. The van der Waals surface area contributed by atoms with Gasteiger partial charge in [-0.15, -0.1) is 0 Å². The van der Waals surface area contributed by atoms with Gasteiger partial charge >= 0.3 is 0 Å². The Morgan fingerprint density at radius 3 is 2.59 bits per heavy atom. The fourth-order valence-electron chi connectivity index (χ4n) is 1.98. The van der Waals surface area contributed by atoms with E-state index in [2.05, 4.69) is 33.0 Å². The summed E-state index contributed by atoms with van der Waals surface area (Å²) < 4.78 is 13.2. The Bertz CT molecular complexity index is 349. The standard InChI is InChI=1S/C15H24FN/c1-5-17-10-13(4)12(3)8-14-9-15(16)7-6-11(14)2/h6-7,9,12-13,17H,5,8,10H2,1-4H3. The number of benzene rings is 1. The van der Waals surface area contributed by atoms with E-state index >= 15 is 0 Å². The third-order valence-corrected chi connectivity index (χ3v) is 3.54. The van der Waals surface area contributed by atoms with Crippen molar-refractivity contribution < 1.29 is 4.39 Å². The minimum absolute atomic E-state index is 0.128. The predicted molar refractivity (Wildman–Crippen MR) is 71.7 cm³/mol. The number of hydrogen-bond acceptors (Lipinski definition) is 1. The maximum atomic E-state index is 13.2. The SMILES string of the molecule is CCNCC(C)C(C)Cc1cc(F)ccc1C. The molecule has 0 aromatic heterocycles. The maximum absolute atomic E-state index is 13.2. The predicted octanol–water partition coefficient (Wildman–Crippen LogP) is 3.56. The van der Waals surface area contributed by atoms with Crippen LogP contribution >= 0.6 is 0 Å². The van der Waals surface area contributed by atoms with Crippen molar-refractivity contribution in [1.29, 1.82) is 0 Å². The molecule has 2 unspecified atom stereocenters. The molecular weight excluding hydrogens is 213 g/mol. The summed E-state index contributed by atoms with van der Waals surface area (Å²) in [5.41, 5.74) is 2.33.